The van der Waals surface area contributed by atoms with Crippen LogP contribution in [0.4, 0.5) is 0 Å². The van der Waals surface area contributed by atoms with Crippen molar-refractivity contribution >= 4 is 5.78 Å². The third-order valence-corrected chi connectivity index (χ3v) is 9.81. The number of aliphatic hydroxyl groups excluding tert-OH is 1. The Kier molecular flexibility index (Phi) is 2.33. The zero-order valence-electron chi connectivity index (χ0n) is 14.3. The molecule has 0 aromatic carbocycles. The average molecular weight is 302 g/mol. The number of fused-ring (bicyclic) bond motifs is 1. The van der Waals surface area contributed by atoms with E-state index in [1.807, 2.05) is 0 Å². The standard InChI is InChI=1S/C20H30O2/c1-17-6-5-16(22)19(3,11-21)14(17)4-7-20-9-13-12(8-15(17)20)18(13,2)10-20/h12-15,21H,4-11H2,1-3H3/t12-,13?,14+,15+,17-,18-,19-,20+/m1/s1. The summed E-state index contributed by atoms with van der Waals surface area (Å²) in [7, 11) is 0. The molecule has 8 atom stereocenters. The molecule has 1 N–H and O–H groups in total. The van der Waals surface area contributed by atoms with E-state index in [1.54, 1.807) is 0 Å². The van der Waals surface area contributed by atoms with Crippen LogP contribution in [-0.2, 0) is 4.79 Å². The summed E-state index contributed by atoms with van der Waals surface area (Å²) >= 11 is 0. The molecule has 2 heteroatoms. The van der Waals surface area contributed by atoms with Gasteiger partial charge >= 0.3 is 0 Å². The van der Waals surface area contributed by atoms with Gasteiger partial charge in [-0.1, -0.05) is 20.8 Å². The third kappa shape index (κ3) is 1.26. The van der Waals surface area contributed by atoms with E-state index in [0.717, 1.165) is 24.2 Å². The molecule has 122 valence electrons. The summed E-state index contributed by atoms with van der Waals surface area (Å²) in [6.07, 6.45) is 8.62. The molecule has 22 heavy (non-hydrogen) atoms. The Morgan fingerprint density at radius 3 is 2.50 bits per heavy atom. The second-order valence-corrected chi connectivity index (χ2v) is 10.3. The molecule has 1 spiro atoms. The lowest BCUT2D eigenvalue weighted by atomic mass is 9.39. The van der Waals surface area contributed by atoms with Crippen LogP contribution in [0.15, 0.2) is 0 Å². The maximum atomic E-state index is 12.6. The van der Waals surface area contributed by atoms with Gasteiger partial charge in [-0.3, -0.25) is 4.79 Å². The number of rotatable bonds is 1. The van der Waals surface area contributed by atoms with Crippen LogP contribution >= 0.6 is 0 Å². The van der Waals surface area contributed by atoms with E-state index < -0.39 is 5.41 Å². The highest BCUT2D eigenvalue weighted by Crippen LogP contribution is 2.85. The van der Waals surface area contributed by atoms with Gasteiger partial charge < -0.3 is 5.11 Å². The highest BCUT2D eigenvalue weighted by molar-refractivity contribution is 5.86. The maximum Gasteiger partial charge on any atom is 0.141 e. The van der Waals surface area contributed by atoms with Crippen LogP contribution in [0.5, 0.6) is 0 Å². The summed E-state index contributed by atoms with van der Waals surface area (Å²) in [6, 6.07) is 0. The van der Waals surface area contributed by atoms with Crippen molar-refractivity contribution in [2.75, 3.05) is 6.61 Å². The van der Waals surface area contributed by atoms with E-state index in [1.165, 1.54) is 32.1 Å². The molecule has 0 amide bonds. The molecule has 6 saturated carbocycles. The Labute approximate surface area is 134 Å². The van der Waals surface area contributed by atoms with Gasteiger partial charge in [-0.2, -0.15) is 0 Å². The van der Waals surface area contributed by atoms with Crippen LogP contribution in [0.1, 0.15) is 65.7 Å². The van der Waals surface area contributed by atoms with Crippen LogP contribution in [-0.4, -0.2) is 17.5 Å². The minimum absolute atomic E-state index is 0.0512. The topological polar surface area (TPSA) is 37.3 Å². The second kappa shape index (κ2) is 3.66. The summed E-state index contributed by atoms with van der Waals surface area (Å²) in [6.45, 7) is 7.14. The van der Waals surface area contributed by atoms with Gasteiger partial charge in [0.2, 0.25) is 0 Å². The molecule has 6 aliphatic rings. The lowest BCUT2D eigenvalue weighted by Crippen LogP contribution is -2.61. The average Bonchev–Trinajstić information content (AvgIpc) is 2.94. The highest BCUT2D eigenvalue weighted by Gasteiger charge is 2.78. The molecule has 0 heterocycles. The van der Waals surface area contributed by atoms with Crippen molar-refractivity contribution in [3.05, 3.63) is 0 Å². The summed E-state index contributed by atoms with van der Waals surface area (Å²) in [5, 5.41) is 10.0. The van der Waals surface area contributed by atoms with E-state index in [4.69, 9.17) is 0 Å². The molecule has 0 aromatic rings. The van der Waals surface area contributed by atoms with Crippen molar-refractivity contribution in [1.82, 2.24) is 0 Å². The van der Waals surface area contributed by atoms with Crippen LogP contribution in [0.3, 0.4) is 0 Å². The number of ketones is 1. The van der Waals surface area contributed by atoms with Gasteiger partial charge in [-0.15, -0.1) is 0 Å². The van der Waals surface area contributed by atoms with E-state index in [2.05, 4.69) is 20.8 Å². The van der Waals surface area contributed by atoms with Crippen LogP contribution in [0, 0.1) is 45.3 Å². The molecule has 6 rings (SSSR count). The van der Waals surface area contributed by atoms with Gasteiger partial charge in [0.05, 0.1) is 12.0 Å². The smallest absolute Gasteiger partial charge is 0.141 e. The molecule has 6 fully saturated rings. The molecule has 0 radical (unpaired) electrons. The summed E-state index contributed by atoms with van der Waals surface area (Å²) in [5.41, 5.74) is 1.10. The zero-order valence-corrected chi connectivity index (χ0v) is 14.3. The fourth-order valence-corrected chi connectivity index (χ4v) is 8.67. The Morgan fingerprint density at radius 2 is 1.86 bits per heavy atom. The number of hydrogen-bond acceptors (Lipinski definition) is 2. The molecule has 4 bridgehead atoms. The number of aliphatic hydroxyl groups is 1. The van der Waals surface area contributed by atoms with Gasteiger partial charge in [0, 0.05) is 6.42 Å². The SMILES string of the molecule is C[C@@]12CCC(=O)[C@](C)(CO)[C@H]1CC[C@@]13CC4[C@@H](C[C@H]12)[C@@]4(C)C3. The first kappa shape index (κ1) is 14.0. The second-order valence-electron chi connectivity index (χ2n) is 10.3. The fourth-order valence-electron chi connectivity index (χ4n) is 8.67. The third-order valence-electron chi connectivity index (χ3n) is 9.81. The number of carbonyl (C=O) groups excluding carboxylic acids is 1. The minimum Gasteiger partial charge on any atom is -0.395 e. The van der Waals surface area contributed by atoms with Crippen molar-refractivity contribution in [2.45, 2.75) is 65.7 Å². The highest BCUT2D eigenvalue weighted by atomic mass is 16.3. The van der Waals surface area contributed by atoms with E-state index >= 15 is 0 Å². The summed E-state index contributed by atoms with van der Waals surface area (Å²) in [5.74, 6) is 3.55. The van der Waals surface area contributed by atoms with Gasteiger partial charge in [-0.05, 0) is 78.4 Å². The Hall–Kier alpha value is -0.370. The molecule has 0 saturated heterocycles. The summed E-state index contributed by atoms with van der Waals surface area (Å²) < 4.78 is 0. The number of Topliss-reactive ketones (excluding diaryl/α,β-unsaturated/α-hetero) is 1. The molecular formula is C20H30O2. The molecule has 0 aromatic heterocycles. The molecule has 1 unspecified atom stereocenters. The number of carbonyl (C=O) groups is 1. The first-order valence-electron chi connectivity index (χ1n) is 9.44. The molecular weight excluding hydrogens is 272 g/mol. The first-order chi connectivity index (χ1) is 10.3. The van der Waals surface area contributed by atoms with Gasteiger partial charge in [0.25, 0.3) is 0 Å². The van der Waals surface area contributed by atoms with Crippen molar-refractivity contribution in [3.63, 3.8) is 0 Å². The Morgan fingerprint density at radius 1 is 1.09 bits per heavy atom. The minimum atomic E-state index is -0.470. The monoisotopic (exact) mass is 302 g/mol. The Balaban J connectivity index is 1.56. The van der Waals surface area contributed by atoms with Crippen molar-refractivity contribution < 1.29 is 9.90 Å². The van der Waals surface area contributed by atoms with Crippen molar-refractivity contribution in [2.24, 2.45) is 45.3 Å². The molecule has 2 nitrogen and oxygen atoms in total. The van der Waals surface area contributed by atoms with Crippen LogP contribution in [0.25, 0.3) is 0 Å². The summed E-state index contributed by atoms with van der Waals surface area (Å²) in [4.78, 5) is 12.6. The predicted octanol–water partition coefficient (Wildman–Crippen LogP) is 3.82. The Bertz CT molecular complexity index is 570. The van der Waals surface area contributed by atoms with E-state index in [0.29, 0.717) is 34.4 Å². The molecule has 0 aliphatic heterocycles. The van der Waals surface area contributed by atoms with Gasteiger partial charge in [0.15, 0.2) is 0 Å². The molecule has 6 aliphatic carbocycles. The van der Waals surface area contributed by atoms with Crippen molar-refractivity contribution in [1.29, 1.82) is 0 Å². The fraction of sp³-hybridized carbons (Fsp3) is 0.950. The first-order valence-corrected chi connectivity index (χ1v) is 9.44. The largest absolute Gasteiger partial charge is 0.395 e. The zero-order chi connectivity index (χ0) is 15.5. The van der Waals surface area contributed by atoms with Crippen molar-refractivity contribution in [3.8, 4) is 0 Å². The van der Waals surface area contributed by atoms with Crippen LogP contribution < -0.4 is 0 Å². The lowest BCUT2D eigenvalue weighted by molar-refractivity contribution is -0.180. The lowest BCUT2D eigenvalue weighted by Gasteiger charge is -2.65. The van der Waals surface area contributed by atoms with Gasteiger partial charge in [-0.25, -0.2) is 0 Å². The van der Waals surface area contributed by atoms with E-state index in [-0.39, 0.29) is 6.61 Å². The quantitative estimate of drug-likeness (QED) is 0.799. The van der Waals surface area contributed by atoms with Crippen LogP contribution in [0.2, 0.25) is 0 Å². The van der Waals surface area contributed by atoms with Gasteiger partial charge in [0.1, 0.15) is 5.78 Å². The number of hydrogen-bond donors (Lipinski definition) is 1. The van der Waals surface area contributed by atoms with E-state index in [9.17, 15) is 9.90 Å². The predicted molar refractivity (Wildman–Crippen MR) is 85.1 cm³/mol. The maximum absolute atomic E-state index is 12.6. The normalized spacial score (nSPS) is 65.0.